The number of aromatic nitrogens is 4. The lowest BCUT2D eigenvalue weighted by Crippen LogP contribution is -2.01. The van der Waals surface area contributed by atoms with Gasteiger partial charge in [0.05, 0.1) is 6.54 Å². The van der Waals surface area contributed by atoms with E-state index in [-0.39, 0.29) is 5.92 Å². The molecule has 15 heavy (non-hydrogen) atoms. The first-order chi connectivity index (χ1) is 7.25. The molecule has 0 aliphatic heterocycles. The van der Waals surface area contributed by atoms with Crippen molar-refractivity contribution in [1.29, 1.82) is 0 Å². The van der Waals surface area contributed by atoms with Crippen LogP contribution in [-0.2, 0) is 6.54 Å². The first-order valence-electron chi connectivity index (χ1n) is 4.81. The fourth-order valence-electron chi connectivity index (χ4n) is 1.09. The molecule has 0 spiro atoms. The van der Waals surface area contributed by atoms with Gasteiger partial charge in [0.1, 0.15) is 5.82 Å². The van der Waals surface area contributed by atoms with E-state index in [1.807, 2.05) is 13.8 Å². The molecular formula is C9H13N5O. The van der Waals surface area contributed by atoms with Crippen molar-refractivity contribution in [3.63, 3.8) is 0 Å². The van der Waals surface area contributed by atoms with Gasteiger partial charge in [0, 0.05) is 18.3 Å². The highest BCUT2D eigenvalue weighted by Gasteiger charge is 2.08. The van der Waals surface area contributed by atoms with Crippen LogP contribution < -0.4 is 5.32 Å². The molecule has 0 bridgehead atoms. The minimum absolute atomic E-state index is 0.247. The maximum absolute atomic E-state index is 5.37. The van der Waals surface area contributed by atoms with Crippen LogP contribution in [0.4, 0.5) is 6.01 Å². The Hall–Kier alpha value is -1.85. The fourth-order valence-corrected chi connectivity index (χ4v) is 1.09. The third-order valence-electron chi connectivity index (χ3n) is 1.90. The topological polar surface area (TPSA) is 79.6 Å². The van der Waals surface area contributed by atoms with E-state index in [0.29, 0.717) is 18.5 Å². The molecule has 80 valence electrons. The van der Waals surface area contributed by atoms with Gasteiger partial charge in [-0.1, -0.05) is 18.9 Å². The quantitative estimate of drug-likeness (QED) is 0.794. The molecule has 2 rings (SSSR count). The lowest BCUT2D eigenvalue weighted by atomic mass is 10.2. The summed E-state index contributed by atoms with van der Waals surface area (Å²) in [5.74, 6) is 1.72. The molecule has 0 radical (unpaired) electrons. The molecule has 0 aromatic carbocycles. The second kappa shape index (κ2) is 4.12. The van der Waals surface area contributed by atoms with Crippen molar-refractivity contribution in [1.82, 2.24) is 20.2 Å². The molecule has 0 saturated heterocycles. The number of hydrogen-bond donors (Lipinski definition) is 2. The van der Waals surface area contributed by atoms with Gasteiger partial charge in [0.15, 0.2) is 0 Å². The molecule has 0 fully saturated rings. The van der Waals surface area contributed by atoms with Crippen LogP contribution in [-0.4, -0.2) is 20.2 Å². The summed E-state index contributed by atoms with van der Waals surface area (Å²) in [4.78, 5) is 7.04. The molecule has 2 N–H and O–H groups in total. The van der Waals surface area contributed by atoms with Gasteiger partial charge in [-0.15, -0.1) is 5.10 Å². The third-order valence-corrected chi connectivity index (χ3v) is 1.90. The number of rotatable bonds is 4. The molecule has 0 aliphatic carbocycles. The van der Waals surface area contributed by atoms with Crippen LogP contribution in [0.15, 0.2) is 16.8 Å². The summed E-state index contributed by atoms with van der Waals surface area (Å²) >= 11 is 0. The summed E-state index contributed by atoms with van der Waals surface area (Å²) in [6.07, 6.45) is 3.47. The Morgan fingerprint density at radius 3 is 2.93 bits per heavy atom. The summed E-state index contributed by atoms with van der Waals surface area (Å²) in [5.41, 5.74) is 0. The van der Waals surface area contributed by atoms with Gasteiger partial charge in [-0.3, -0.25) is 0 Å². The zero-order chi connectivity index (χ0) is 10.7. The summed E-state index contributed by atoms with van der Waals surface area (Å²) in [6.45, 7) is 4.56. The van der Waals surface area contributed by atoms with E-state index in [9.17, 15) is 0 Å². The minimum atomic E-state index is 0.247. The van der Waals surface area contributed by atoms with E-state index < -0.39 is 0 Å². The standard InChI is InChI=1S/C9H13N5O/c1-6(2)8-13-14-9(15-8)12-5-7-10-3-4-11-7/h3-4,6H,5H2,1-2H3,(H,10,11)(H,12,14). The molecule has 2 heterocycles. The van der Waals surface area contributed by atoms with Crippen molar-refractivity contribution in [2.45, 2.75) is 26.3 Å². The summed E-state index contributed by atoms with van der Waals surface area (Å²) in [6, 6.07) is 0.426. The number of nitrogens with one attached hydrogen (secondary N) is 2. The summed E-state index contributed by atoms with van der Waals surface area (Å²) in [7, 11) is 0. The SMILES string of the molecule is CC(C)c1nnc(NCc2ncc[nH]2)o1. The highest BCUT2D eigenvalue weighted by atomic mass is 16.4. The van der Waals surface area contributed by atoms with E-state index in [2.05, 4.69) is 25.5 Å². The van der Waals surface area contributed by atoms with Gasteiger partial charge in [0.25, 0.3) is 0 Å². The van der Waals surface area contributed by atoms with Gasteiger partial charge in [0.2, 0.25) is 5.89 Å². The molecule has 6 heteroatoms. The molecule has 0 aliphatic rings. The maximum atomic E-state index is 5.37. The third kappa shape index (κ3) is 2.34. The van der Waals surface area contributed by atoms with E-state index in [1.54, 1.807) is 12.4 Å². The lowest BCUT2D eigenvalue weighted by Gasteiger charge is -1.97. The normalized spacial score (nSPS) is 10.9. The number of imidazole rings is 1. The molecule has 2 aromatic rings. The number of nitrogens with zero attached hydrogens (tertiary/aromatic N) is 3. The van der Waals surface area contributed by atoms with Crippen molar-refractivity contribution in [3.8, 4) is 0 Å². The van der Waals surface area contributed by atoms with Crippen molar-refractivity contribution in [2.75, 3.05) is 5.32 Å². The maximum Gasteiger partial charge on any atom is 0.315 e. The Kier molecular flexibility index (Phi) is 2.66. The summed E-state index contributed by atoms with van der Waals surface area (Å²) < 4.78 is 5.37. The van der Waals surface area contributed by atoms with E-state index >= 15 is 0 Å². The van der Waals surface area contributed by atoms with Crippen LogP contribution in [0, 0.1) is 0 Å². The Morgan fingerprint density at radius 2 is 2.33 bits per heavy atom. The Balaban J connectivity index is 1.94. The Bertz CT molecular complexity index is 406. The van der Waals surface area contributed by atoms with Crippen LogP contribution in [0.1, 0.15) is 31.5 Å². The van der Waals surface area contributed by atoms with Crippen molar-refractivity contribution < 1.29 is 4.42 Å². The molecular weight excluding hydrogens is 194 g/mol. The molecule has 0 unspecified atom stereocenters. The fraction of sp³-hybridized carbons (Fsp3) is 0.444. The number of hydrogen-bond acceptors (Lipinski definition) is 5. The molecule has 2 aromatic heterocycles. The van der Waals surface area contributed by atoms with Crippen molar-refractivity contribution in [3.05, 3.63) is 24.1 Å². The van der Waals surface area contributed by atoms with E-state index in [1.165, 1.54) is 0 Å². The molecule has 0 saturated carbocycles. The van der Waals surface area contributed by atoms with E-state index in [0.717, 1.165) is 5.82 Å². The zero-order valence-corrected chi connectivity index (χ0v) is 8.69. The van der Waals surface area contributed by atoms with Crippen LogP contribution in [0.5, 0.6) is 0 Å². The van der Waals surface area contributed by atoms with Gasteiger partial charge in [-0.2, -0.15) is 0 Å². The average molecular weight is 207 g/mol. The predicted octanol–water partition coefficient (Wildman–Crippen LogP) is 1.53. The van der Waals surface area contributed by atoms with Crippen LogP contribution in [0.3, 0.4) is 0 Å². The van der Waals surface area contributed by atoms with Gasteiger partial charge in [-0.25, -0.2) is 4.98 Å². The molecule has 0 atom stereocenters. The largest absolute Gasteiger partial charge is 0.408 e. The number of H-pyrrole nitrogens is 1. The predicted molar refractivity (Wildman–Crippen MR) is 54.3 cm³/mol. The highest BCUT2D eigenvalue weighted by molar-refractivity contribution is 5.18. The summed E-state index contributed by atoms with van der Waals surface area (Å²) in [5, 5.41) is 10.8. The lowest BCUT2D eigenvalue weighted by molar-refractivity contribution is 0.479. The van der Waals surface area contributed by atoms with Gasteiger partial charge >= 0.3 is 6.01 Å². The zero-order valence-electron chi connectivity index (χ0n) is 8.69. The molecule has 0 amide bonds. The van der Waals surface area contributed by atoms with E-state index in [4.69, 9.17) is 4.42 Å². The van der Waals surface area contributed by atoms with Gasteiger partial charge in [-0.05, 0) is 0 Å². The van der Waals surface area contributed by atoms with Crippen LogP contribution in [0.25, 0.3) is 0 Å². The minimum Gasteiger partial charge on any atom is -0.408 e. The first-order valence-corrected chi connectivity index (χ1v) is 4.81. The second-order valence-corrected chi connectivity index (χ2v) is 3.49. The monoisotopic (exact) mass is 207 g/mol. The number of aromatic amines is 1. The van der Waals surface area contributed by atoms with Crippen LogP contribution in [0.2, 0.25) is 0 Å². The number of anilines is 1. The Labute approximate surface area is 87.1 Å². The highest BCUT2D eigenvalue weighted by Crippen LogP contribution is 2.14. The second-order valence-electron chi connectivity index (χ2n) is 3.49. The van der Waals surface area contributed by atoms with Crippen molar-refractivity contribution >= 4 is 6.01 Å². The Morgan fingerprint density at radius 1 is 1.47 bits per heavy atom. The average Bonchev–Trinajstić information content (AvgIpc) is 2.86. The smallest absolute Gasteiger partial charge is 0.315 e. The van der Waals surface area contributed by atoms with Crippen LogP contribution >= 0.6 is 0 Å². The molecule has 6 nitrogen and oxygen atoms in total. The first kappa shape index (κ1) is 9.70. The van der Waals surface area contributed by atoms with Crippen molar-refractivity contribution in [2.24, 2.45) is 0 Å². The van der Waals surface area contributed by atoms with Gasteiger partial charge < -0.3 is 14.7 Å².